The summed E-state index contributed by atoms with van der Waals surface area (Å²) < 4.78 is 0. The van der Waals surface area contributed by atoms with Crippen molar-refractivity contribution in [3.8, 4) is 0 Å². The summed E-state index contributed by atoms with van der Waals surface area (Å²) in [5.74, 6) is 0.789. The quantitative estimate of drug-likeness (QED) is 0.803. The molecule has 1 unspecified atom stereocenters. The largest absolute Gasteiger partial charge is 0.341 e. The van der Waals surface area contributed by atoms with Crippen molar-refractivity contribution in [3.05, 3.63) is 0 Å². The number of rotatable bonds is 3. The second-order valence-corrected chi connectivity index (χ2v) is 7.09. The summed E-state index contributed by atoms with van der Waals surface area (Å²) >= 11 is 0. The van der Waals surface area contributed by atoms with Crippen LogP contribution in [0.3, 0.4) is 0 Å². The highest BCUT2D eigenvalue weighted by Gasteiger charge is 2.32. The van der Waals surface area contributed by atoms with E-state index in [1.165, 1.54) is 0 Å². The highest BCUT2D eigenvalue weighted by Crippen LogP contribution is 2.18. The molecule has 130 valence electrons. The molecule has 3 aliphatic rings. The van der Waals surface area contributed by atoms with Gasteiger partial charge in [0.1, 0.15) is 0 Å². The Kier molecular flexibility index (Phi) is 5.54. The fraction of sp³-hybridized carbons (Fsp3) is 0.882. The molecule has 0 aromatic carbocycles. The van der Waals surface area contributed by atoms with E-state index in [-0.39, 0.29) is 17.9 Å². The first-order valence-corrected chi connectivity index (χ1v) is 9.19. The zero-order chi connectivity index (χ0) is 16.2. The number of likely N-dealkylation sites (tertiary alicyclic amines) is 1. The molecule has 3 heterocycles. The van der Waals surface area contributed by atoms with Crippen LogP contribution in [-0.4, -0.2) is 84.9 Å². The molecule has 0 saturated carbocycles. The minimum absolute atomic E-state index is 0.0516. The molecule has 0 radical (unpaired) electrons. The molecule has 6 nitrogen and oxygen atoms in total. The van der Waals surface area contributed by atoms with Crippen molar-refractivity contribution < 1.29 is 9.59 Å². The van der Waals surface area contributed by atoms with Gasteiger partial charge in [-0.3, -0.25) is 14.5 Å². The number of hydrogen-bond acceptors (Lipinski definition) is 4. The average molecular weight is 322 g/mol. The van der Waals surface area contributed by atoms with Crippen molar-refractivity contribution in [2.45, 2.75) is 38.6 Å². The maximum Gasteiger partial charge on any atom is 0.239 e. The van der Waals surface area contributed by atoms with Crippen molar-refractivity contribution in [2.75, 3.05) is 52.4 Å². The van der Waals surface area contributed by atoms with Gasteiger partial charge in [0.15, 0.2) is 0 Å². The molecule has 3 rings (SSSR count). The second kappa shape index (κ2) is 7.62. The topological polar surface area (TPSA) is 55.9 Å². The van der Waals surface area contributed by atoms with Crippen molar-refractivity contribution in [1.82, 2.24) is 20.0 Å². The van der Waals surface area contributed by atoms with Crippen LogP contribution in [0.1, 0.15) is 32.6 Å². The molecule has 6 heteroatoms. The Labute approximate surface area is 139 Å². The number of piperazine rings is 1. The number of piperidine rings is 1. The zero-order valence-corrected chi connectivity index (χ0v) is 14.3. The highest BCUT2D eigenvalue weighted by atomic mass is 16.2. The van der Waals surface area contributed by atoms with E-state index in [9.17, 15) is 9.59 Å². The summed E-state index contributed by atoms with van der Waals surface area (Å²) in [5, 5.41) is 3.31. The van der Waals surface area contributed by atoms with Gasteiger partial charge in [-0.25, -0.2) is 0 Å². The van der Waals surface area contributed by atoms with Crippen LogP contribution in [-0.2, 0) is 9.59 Å². The Morgan fingerprint density at radius 2 is 1.52 bits per heavy atom. The van der Waals surface area contributed by atoms with Crippen LogP contribution in [0.25, 0.3) is 0 Å². The van der Waals surface area contributed by atoms with Crippen LogP contribution in [0.4, 0.5) is 0 Å². The Morgan fingerprint density at radius 3 is 2.13 bits per heavy atom. The summed E-state index contributed by atoms with van der Waals surface area (Å²) in [5.41, 5.74) is 0. The number of carbonyl (C=O) groups is 2. The van der Waals surface area contributed by atoms with Gasteiger partial charge < -0.3 is 15.1 Å². The van der Waals surface area contributed by atoms with Crippen molar-refractivity contribution in [3.63, 3.8) is 0 Å². The predicted molar refractivity (Wildman–Crippen MR) is 89.0 cm³/mol. The first-order valence-electron chi connectivity index (χ1n) is 9.19. The maximum atomic E-state index is 12.6. The highest BCUT2D eigenvalue weighted by molar-refractivity contribution is 5.82. The maximum absolute atomic E-state index is 12.6. The van der Waals surface area contributed by atoms with Crippen molar-refractivity contribution >= 4 is 11.8 Å². The normalized spacial score (nSPS) is 25.6. The zero-order valence-electron chi connectivity index (χ0n) is 14.3. The smallest absolute Gasteiger partial charge is 0.239 e. The van der Waals surface area contributed by atoms with Crippen LogP contribution in [0.15, 0.2) is 0 Å². The van der Waals surface area contributed by atoms with Crippen molar-refractivity contribution in [1.29, 1.82) is 0 Å². The van der Waals surface area contributed by atoms with Crippen LogP contribution in [0, 0.1) is 5.92 Å². The van der Waals surface area contributed by atoms with Gasteiger partial charge in [0.2, 0.25) is 11.8 Å². The first kappa shape index (κ1) is 16.7. The molecule has 1 atom stereocenters. The third-order valence-corrected chi connectivity index (χ3v) is 5.64. The lowest BCUT2D eigenvalue weighted by atomic mass is 9.96. The number of nitrogens with zero attached hydrogens (tertiary/aromatic N) is 3. The molecule has 3 fully saturated rings. The summed E-state index contributed by atoms with van der Waals surface area (Å²) in [7, 11) is 0. The number of nitrogens with one attached hydrogen (secondary N) is 1. The van der Waals surface area contributed by atoms with Crippen molar-refractivity contribution in [2.24, 2.45) is 5.92 Å². The summed E-state index contributed by atoms with van der Waals surface area (Å²) in [6.45, 7) is 8.92. The fourth-order valence-corrected chi connectivity index (χ4v) is 4.01. The molecule has 2 amide bonds. The standard InChI is InChI=1S/C17H30N4O2/c1-14(16(22)20-8-2-3-9-20)19-10-12-21(13-11-19)17(23)15-4-6-18-7-5-15/h14-15,18H,2-13H2,1H3. The van der Waals surface area contributed by atoms with Crippen LogP contribution < -0.4 is 5.32 Å². The Morgan fingerprint density at radius 1 is 0.913 bits per heavy atom. The Hall–Kier alpha value is -1.14. The van der Waals surface area contributed by atoms with E-state index in [4.69, 9.17) is 0 Å². The minimum Gasteiger partial charge on any atom is -0.341 e. The average Bonchev–Trinajstić information content (AvgIpc) is 3.15. The Bertz CT molecular complexity index is 422. The summed E-state index contributed by atoms with van der Waals surface area (Å²) in [6.07, 6.45) is 4.19. The van der Waals surface area contributed by atoms with Gasteiger partial charge in [0.25, 0.3) is 0 Å². The lowest BCUT2D eigenvalue weighted by Gasteiger charge is -2.40. The molecular formula is C17H30N4O2. The van der Waals surface area contributed by atoms with Crippen LogP contribution >= 0.6 is 0 Å². The predicted octanol–water partition coefficient (Wildman–Crippen LogP) is 0.141. The SMILES string of the molecule is CC(C(=O)N1CCCC1)N1CCN(C(=O)C2CCNCC2)CC1. The van der Waals surface area contributed by atoms with Gasteiger partial charge >= 0.3 is 0 Å². The van der Waals surface area contributed by atoms with Gasteiger partial charge in [-0.15, -0.1) is 0 Å². The third kappa shape index (κ3) is 3.86. The molecule has 0 aromatic rings. The second-order valence-electron chi connectivity index (χ2n) is 7.09. The van der Waals surface area contributed by atoms with E-state index in [1.54, 1.807) is 0 Å². The van der Waals surface area contributed by atoms with E-state index in [1.807, 2.05) is 16.7 Å². The van der Waals surface area contributed by atoms with Gasteiger partial charge in [-0.1, -0.05) is 0 Å². The lowest BCUT2D eigenvalue weighted by Crippen LogP contribution is -2.56. The molecule has 0 bridgehead atoms. The third-order valence-electron chi connectivity index (χ3n) is 5.64. The molecule has 23 heavy (non-hydrogen) atoms. The van der Waals surface area contributed by atoms with Gasteiger partial charge in [0.05, 0.1) is 6.04 Å². The summed E-state index contributed by atoms with van der Waals surface area (Å²) in [6, 6.07) is -0.0516. The van der Waals surface area contributed by atoms with Crippen LogP contribution in [0.5, 0.6) is 0 Å². The van der Waals surface area contributed by atoms with Crippen LogP contribution in [0.2, 0.25) is 0 Å². The number of amides is 2. The van der Waals surface area contributed by atoms with Gasteiger partial charge in [0, 0.05) is 45.2 Å². The molecule has 0 aromatic heterocycles. The molecular weight excluding hydrogens is 292 g/mol. The molecule has 3 saturated heterocycles. The van der Waals surface area contributed by atoms with Gasteiger partial charge in [-0.2, -0.15) is 0 Å². The van der Waals surface area contributed by atoms with E-state index in [2.05, 4.69) is 10.2 Å². The molecule has 0 aliphatic carbocycles. The molecule has 0 spiro atoms. The summed E-state index contributed by atoms with van der Waals surface area (Å²) in [4.78, 5) is 31.3. The Balaban J connectivity index is 1.47. The van der Waals surface area contributed by atoms with E-state index < -0.39 is 0 Å². The van der Waals surface area contributed by atoms with Gasteiger partial charge in [-0.05, 0) is 45.7 Å². The monoisotopic (exact) mass is 322 g/mol. The molecule has 3 aliphatic heterocycles. The fourth-order valence-electron chi connectivity index (χ4n) is 4.01. The van der Waals surface area contributed by atoms with E-state index in [0.717, 1.165) is 78.0 Å². The number of hydrogen-bond donors (Lipinski definition) is 1. The first-order chi connectivity index (χ1) is 11.2. The molecule has 1 N–H and O–H groups in total. The minimum atomic E-state index is -0.0516. The number of carbonyl (C=O) groups excluding carboxylic acids is 2. The van der Waals surface area contributed by atoms with E-state index >= 15 is 0 Å². The lowest BCUT2D eigenvalue weighted by molar-refractivity contribution is -0.140. The van der Waals surface area contributed by atoms with E-state index in [0.29, 0.717) is 5.91 Å².